The molecule has 2 aliphatic rings. The van der Waals surface area contributed by atoms with Crippen molar-refractivity contribution >= 4 is 15.7 Å². The van der Waals surface area contributed by atoms with E-state index in [1.807, 2.05) is 39.0 Å². The van der Waals surface area contributed by atoms with E-state index in [0.717, 1.165) is 24.0 Å². The van der Waals surface area contributed by atoms with Crippen LogP contribution < -0.4 is 20.3 Å². The molecule has 2 heterocycles. The molecule has 3 aromatic rings. The number of rotatable bonds is 9. The third-order valence-electron chi connectivity index (χ3n) is 8.48. The number of nitrogens with zero attached hydrogens (tertiary/aromatic N) is 1. The Bertz CT molecular complexity index is 1660. The molecule has 0 radical (unpaired) electrons. The van der Waals surface area contributed by atoms with Gasteiger partial charge in [-0.05, 0) is 75.8 Å². The molecule has 0 spiro atoms. The number of hydrogen-bond acceptors (Lipinski definition) is 7. The number of ether oxygens (including phenoxy) is 3. The Morgan fingerprint density at radius 2 is 1.70 bits per heavy atom. The maximum absolute atomic E-state index is 12.9. The van der Waals surface area contributed by atoms with Crippen LogP contribution in [0.5, 0.6) is 17.2 Å². The summed E-state index contributed by atoms with van der Waals surface area (Å²) in [7, 11) is -1.88. The molecule has 1 N–H and O–H groups in total. The molecule has 9 nitrogen and oxygen atoms in total. The standard InChI is InChI=1S/C33H40N2O7S/c1-6-43(38,39)25-14-15-28(42-31-21(2)8-7-9-22(31)3)26(16-25)27-18-35(5)30(36)17-29(27)41-24-12-10-23(11-13-24)34-32(37)33(4)19-40-20-33/h7-9,14-18,23-24H,6,10-13,19-20H2,1-5H3,(H,34,37)/t23-,24-. The second kappa shape index (κ2) is 12.2. The number of amides is 1. The fraction of sp³-hybridized carbons (Fsp3) is 0.455. The fourth-order valence-corrected chi connectivity index (χ4v) is 6.46. The number of pyridine rings is 1. The van der Waals surface area contributed by atoms with Crippen molar-refractivity contribution in [3.63, 3.8) is 0 Å². The molecular formula is C33H40N2O7S. The highest BCUT2D eigenvalue weighted by atomic mass is 32.2. The molecule has 1 aromatic heterocycles. The van der Waals surface area contributed by atoms with E-state index in [4.69, 9.17) is 14.2 Å². The summed E-state index contributed by atoms with van der Waals surface area (Å²) in [4.78, 5) is 25.6. The average molecular weight is 609 g/mol. The van der Waals surface area contributed by atoms with Crippen molar-refractivity contribution in [2.45, 2.75) is 70.4 Å². The van der Waals surface area contributed by atoms with E-state index in [1.54, 1.807) is 38.4 Å². The third kappa shape index (κ3) is 6.50. The predicted octanol–water partition coefficient (Wildman–Crippen LogP) is 5.10. The Balaban J connectivity index is 1.46. The highest BCUT2D eigenvalue weighted by Gasteiger charge is 2.42. The summed E-state index contributed by atoms with van der Waals surface area (Å²) >= 11 is 0. The minimum absolute atomic E-state index is 0.0234. The summed E-state index contributed by atoms with van der Waals surface area (Å²) in [5.74, 6) is 1.48. The van der Waals surface area contributed by atoms with Gasteiger partial charge in [0, 0.05) is 36.5 Å². The Hall–Kier alpha value is -3.63. The third-order valence-corrected chi connectivity index (χ3v) is 10.2. The van der Waals surface area contributed by atoms with Crippen LogP contribution in [0.3, 0.4) is 0 Å². The van der Waals surface area contributed by atoms with E-state index in [0.29, 0.717) is 54.4 Å². The molecule has 43 heavy (non-hydrogen) atoms. The van der Waals surface area contributed by atoms with Crippen LogP contribution in [0, 0.1) is 19.3 Å². The first-order chi connectivity index (χ1) is 20.4. The van der Waals surface area contributed by atoms with Gasteiger partial charge in [-0.3, -0.25) is 9.59 Å². The monoisotopic (exact) mass is 608 g/mol. The summed E-state index contributed by atoms with van der Waals surface area (Å²) in [5.41, 5.74) is 2.25. The number of aryl methyl sites for hydroxylation is 3. The zero-order valence-corrected chi connectivity index (χ0v) is 26.3. The highest BCUT2D eigenvalue weighted by Crippen LogP contribution is 2.41. The summed E-state index contributed by atoms with van der Waals surface area (Å²) in [6.07, 6.45) is 4.38. The lowest BCUT2D eigenvalue weighted by atomic mass is 9.86. The van der Waals surface area contributed by atoms with Gasteiger partial charge >= 0.3 is 0 Å². The van der Waals surface area contributed by atoms with E-state index in [2.05, 4.69) is 5.32 Å². The average Bonchev–Trinajstić information content (AvgIpc) is 2.96. The SMILES string of the molecule is CCS(=O)(=O)c1ccc(Oc2c(C)cccc2C)c(-c2cn(C)c(=O)cc2O[C@H]2CC[C@H](NC(=O)C3(C)COC3)CC2)c1. The molecule has 5 rings (SSSR count). The van der Waals surface area contributed by atoms with Crippen molar-refractivity contribution in [1.82, 2.24) is 9.88 Å². The number of nitrogens with one attached hydrogen (secondary N) is 1. The van der Waals surface area contributed by atoms with Gasteiger partial charge in [0.25, 0.3) is 5.56 Å². The molecule has 2 fully saturated rings. The van der Waals surface area contributed by atoms with Crippen molar-refractivity contribution in [2.75, 3.05) is 19.0 Å². The minimum Gasteiger partial charge on any atom is -0.490 e. The van der Waals surface area contributed by atoms with E-state index < -0.39 is 15.3 Å². The van der Waals surface area contributed by atoms with Gasteiger partial charge in [-0.15, -0.1) is 0 Å². The Labute approximate surface area is 253 Å². The smallest absolute Gasteiger partial charge is 0.254 e. The van der Waals surface area contributed by atoms with Gasteiger partial charge in [0.05, 0.1) is 35.4 Å². The first kappa shape index (κ1) is 30.8. The van der Waals surface area contributed by atoms with Crippen LogP contribution in [-0.4, -0.2) is 50.0 Å². The van der Waals surface area contributed by atoms with Gasteiger partial charge in [0.1, 0.15) is 17.2 Å². The first-order valence-corrected chi connectivity index (χ1v) is 16.4. The molecular weight excluding hydrogens is 568 g/mol. The maximum atomic E-state index is 12.9. The Kier molecular flexibility index (Phi) is 8.72. The first-order valence-electron chi connectivity index (χ1n) is 14.8. The zero-order chi connectivity index (χ0) is 30.9. The van der Waals surface area contributed by atoms with E-state index in [9.17, 15) is 18.0 Å². The number of carbonyl (C=O) groups excluding carboxylic acids is 1. The molecule has 2 aromatic carbocycles. The molecule has 1 aliphatic heterocycles. The summed E-state index contributed by atoms with van der Waals surface area (Å²) in [5, 5.41) is 3.16. The largest absolute Gasteiger partial charge is 0.490 e. The summed E-state index contributed by atoms with van der Waals surface area (Å²) in [6, 6.07) is 12.2. The molecule has 1 saturated heterocycles. The number of benzene rings is 2. The Morgan fingerprint density at radius 3 is 2.30 bits per heavy atom. The quantitative estimate of drug-likeness (QED) is 0.360. The van der Waals surface area contributed by atoms with Crippen molar-refractivity contribution in [3.8, 4) is 28.4 Å². The number of para-hydroxylation sites is 1. The minimum atomic E-state index is -3.52. The van der Waals surface area contributed by atoms with Gasteiger partial charge in [-0.2, -0.15) is 0 Å². The zero-order valence-electron chi connectivity index (χ0n) is 25.4. The fourth-order valence-electron chi connectivity index (χ4n) is 5.55. The van der Waals surface area contributed by atoms with Crippen molar-refractivity contribution in [2.24, 2.45) is 12.5 Å². The van der Waals surface area contributed by atoms with Gasteiger partial charge < -0.3 is 24.1 Å². The normalized spacial score (nSPS) is 19.7. The van der Waals surface area contributed by atoms with Crippen molar-refractivity contribution in [3.05, 3.63) is 70.1 Å². The van der Waals surface area contributed by atoms with Crippen molar-refractivity contribution in [1.29, 1.82) is 0 Å². The second-order valence-electron chi connectivity index (χ2n) is 12.0. The predicted molar refractivity (Wildman–Crippen MR) is 165 cm³/mol. The maximum Gasteiger partial charge on any atom is 0.254 e. The summed E-state index contributed by atoms with van der Waals surface area (Å²) < 4.78 is 45.4. The van der Waals surface area contributed by atoms with Crippen LogP contribution in [0.4, 0.5) is 0 Å². The highest BCUT2D eigenvalue weighted by molar-refractivity contribution is 7.91. The van der Waals surface area contributed by atoms with Gasteiger partial charge in [-0.25, -0.2) is 8.42 Å². The molecule has 0 unspecified atom stereocenters. The van der Waals surface area contributed by atoms with Gasteiger partial charge in [0.2, 0.25) is 5.91 Å². The van der Waals surface area contributed by atoms with E-state index >= 15 is 0 Å². The van der Waals surface area contributed by atoms with E-state index in [-0.39, 0.29) is 34.3 Å². The molecule has 0 bridgehead atoms. The van der Waals surface area contributed by atoms with Crippen LogP contribution in [-0.2, 0) is 26.4 Å². The number of sulfone groups is 1. The number of hydrogen-bond donors (Lipinski definition) is 1. The number of carbonyl (C=O) groups is 1. The van der Waals surface area contributed by atoms with E-state index in [1.165, 1.54) is 10.6 Å². The Morgan fingerprint density at radius 1 is 1.02 bits per heavy atom. The second-order valence-corrected chi connectivity index (χ2v) is 14.3. The lowest BCUT2D eigenvalue weighted by Crippen LogP contribution is -2.54. The van der Waals surface area contributed by atoms with Crippen LogP contribution >= 0.6 is 0 Å². The van der Waals surface area contributed by atoms with Gasteiger partial charge in [-0.1, -0.05) is 25.1 Å². The van der Waals surface area contributed by atoms with Crippen LogP contribution in [0.15, 0.2) is 58.4 Å². The topological polar surface area (TPSA) is 113 Å². The molecule has 1 saturated carbocycles. The van der Waals surface area contributed by atoms with Crippen LogP contribution in [0.25, 0.3) is 11.1 Å². The van der Waals surface area contributed by atoms with Gasteiger partial charge in [0.15, 0.2) is 9.84 Å². The molecule has 230 valence electrons. The molecule has 1 amide bonds. The summed E-state index contributed by atoms with van der Waals surface area (Å²) in [6.45, 7) is 8.32. The molecule has 10 heteroatoms. The lowest BCUT2D eigenvalue weighted by molar-refractivity contribution is -0.158. The number of aromatic nitrogens is 1. The molecule has 1 aliphatic carbocycles. The van der Waals surface area contributed by atoms with Crippen LogP contribution in [0.2, 0.25) is 0 Å². The lowest BCUT2D eigenvalue weighted by Gasteiger charge is -2.38. The molecule has 0 atom stereocenters. The van der Waals surface area contributed by atoms with Crippen molar-refractivity contribution < 1.29 is 27.4 Å². The van der Waals surface area contributed by atoms with Crippen LogP contribution in [0.1, 0.15) is 50.7 Å².